The topological polar surface area (TPSA) is 66.4 Å². The SMILES string of the molecule is COc1ccc(-c2cc(OC3CCOCC3)c3ncnc(C)c3c2)cn1. The van der Waals surface area contributed by atoms with Gasteiger partial charge in [0.2, 0.25) is 5.88 Å². The van der Waals surface area contributed by atoms with Crippen LogP contribution >= 0.6 is 0 Å². The zero-order chi connectivity index (χ0) is 17.9. The average Bonchev–Trinajstić information content (AvgIpc) is 2.69. The molecule has 0 spiro atoms. The van der Waals surface area contributed by atoms with Gasteiger partial charge in [0.1, 0.15) is 23.7 Å². The van der Waals surface area contributed by atoms with E-state index in [0.29, 0.717) is 5.88 Å². The standard InChI is InChI=1S/C20H21N3O3/c1-13-17-9-15(14-3-4-19(24-2)21-11-14)10-18(20(17)23-12-22-13)26-16-5-7-25-8-6-16/h3-4,9-12,16H,5-8H2,1-2H3. The van der Waals surface area contributed by atoms with E-state index in [-0.39, 0.29) is 6.10 Å². The molecule has 26 heavy (non-hydrogen) atoms. The number of fused-ring (bicyclic) bond motifs is 1. The molecule has 2 aromatic heterocycles. The summed E-state index contributed by atoms with van der Waals surface area (Å²) in [6.07, 6.45) is 5.31. The lowest BCUT2D eigenvalue weighted by molar-refractivity contribution is 0.0261. The number of benzene rings is 1. The van der Waals surface area contributed by atoms with Crippen molar-refractivity contribution < 1.29 is 14.2 Å². The first-order chi connectivity index (χ1) is 12.7. The van der Waals surface area contributed by atoms with Crippen LogP contribution in [0.5, 0.6) is 11.6 Å². The molecule has 0 bridgehead atoms. The summed E-state index contributed by atoms with van der Waals surface area (Å²) in [7, 11) is 1.61. The normalized spacial score (nSPS) is 15.2. The second kappa shape index (κ2) is 7.25. The van der Waals surface area contributed by atoms with Gasteiger partial charge in [0.25, 0.3) is 0 Å². The van der Waals surface area contributed by atoms with E-state index in [1.54, 1.807) is 19.6 Å². The van der Waals surface area contributed by atoms with E-state index in [4.69, 9.17) is 14.2 Å². The van der Waals surface area contributed by atoms with Gasteiger partial charge in [0.15, 0.2) is 0 Å². The Morgan fingerprint density at radius 3 is 2.62 bits per heavy atom. The van der Waals surface area contributed by atoms with Crippen LogP contribution in [-0.4, -0.2) is 41.4 Å². The summed E-state index contributed by atoms with van der Waals surface area (Å²) < 4.78 is 16.9. The summed E-state index contributed by atoms with van der Waals surface area (Å²) in [5.41, 5.74) is 3.78. The molecule has 0 unspecified atom stereocenters. The molecule has 0 aliphatic carbocycles. The van der Waals surface area contributed by atoms with Crippen LogP contribution < -0.4 is 9.47 Å². The lowest BCUT2D eigenvalue weighted by atomic mass is 10.0. The first kappa shape index (κ1) is 16.7. The van der Waals surface area contributed by atoms with E-state index < -0.39 is 0 Å². The fourth-order valence-corrected chi connectivity index (χ4v) is 3.16. The van der Waals surface area contributed by atoms with E-state index >= 15 is 0 Å². The summed E-state index contributed by atoms with van der Waals surface area (Å²) in [4.78, 5) is 13.1. The fraction of sp³-hybridized carbons (Fsp3) is 0.350. The van der Waals surface area contributed by atoms with E-state index in [2.05, 4.69) is 21.0 Å². The van der Waals surface area contributed by atoms with Crippen LogP contribution in [0, 0.1) is 6.92 Å². The van der Waals surface area contributed by atoms with Crippen LogP contribution in [-0.2, 0) is 4.74 Å². The van der Waals surface area contributed by atoms with Gasteiger partial charge < -0.3 is 14.2 Å². The van der Waals surface area contributed by atoms with Crippen molar-refractivity contribution in [2.24, 2.45) is 0 Å². The van der Waals surface area contributed by atoms with E-state index in [1.807, 2.05) is 25.1 Å². The van der Waals surface area contributed by atoms with Gasteiger partial charge in [-0.1, -0.05) is 0 Å². The third-order valence-electron chi connectivity index (χ3n) is 4.64. The molecule has 1 aliphatic rings. The monoisotopic (exact) mass is 351 g/mol. The zero-order valence-corrected chi connectivity index (χ0v) is 14.9. The highest BCUT2D eigenvalue weighted by Crippen LogP contribution is 2.34. The number of rotatable bonds is 4. The lowest BCUT2D eigenvalue weighted by Gasteiger charge is -2.24. The number of nitrogens with zero attached hydrogens (tertiary/aromatic N) is 3. The molecule has 0 N–H and O–H groups in total. The Balaban J connectivity index is 1.78. The predicted molar refractivity (Wildman–Crippen MR) is 98.5 cm³/mol. The molecule has 0 amide bonds. The van der Waals surface area contributed by atoms with Crippen molar-refractivity contribution in [1.82, 2.24) is 15.0 Å². The molecule has 1 aliphatic heterocycles. The van der Waals surface area contributed by atoms with Gasteiger partial charge in [-0.3, -0.25) is 0 Å². The number of hydrogen-bond donors (Lipinski definition) is 0. The molecule has 1 aromatic carbocycles. The highest BCUT2D eigenvalue weighted by atomic mass is 16.5. The highest BCUT2D eigenvalue weighted by molar-refractivity contribution is 5.91. The second-order valence-corrected chi connectivity index (χ2v) is 6.35. The number of pyridine rings is 1. The summed E-state index contributed by atoms with van der Waals surface area (Å²) in [6.45, 7) is 3.45. The molecular weight excluding hydrogens is 330 g/mol. The summed E-state index contributed by atoms with van der Waals surface area (Å²) in [6, 6.07) is 7.97. The smallest absolute Gasteiger partial charge is 0.212 e. The molecular formula is C20H21N3O3. The van der Waals surface area contributed by atoms with Crippen molar-refractivity contribution >= 4 is 10.9 Å². The Morgan fingerprint density at radius 1 is 1.04 bits per heavy atom. The number of aryl methyl sites for hydroxylation is 1. The maximum atomic E-state index is 6.32. The Morgan fingerprint density at radius 2 is 1.88 bits per heavy atom. The Hall–Kier alpha value is -2.73. The molecule has 0 radical (unpaired) electrons. The summed E-state index contributed by atoms with van der Waals surface area (Å²) in [5.74, 6) is 1.37. The maximum absolute atomic E-state index is 6.32. The van der Waals surface area contributed by atoms with Gasteiger partial charge in [0.05, 0.1) is 20.3 Å². The molecule has 134 valence electrons. The summed E-state index contributed by atoms with van der Waals surface area (Å²) >= 11 is 0. The van der Waals surface area contributed by atoms with E-state index in [9.17, 15) is 0 Å². The van der Waals surface area contributed by atoms with Gasteiger partial charge in [0, 0.05) is 41.7 Å². The van der Waals surface area contributed by atoms with Crippen LogP contribution in [0.25, 0.3) is 22.0 Å². The third-order valence-corrected chi connectivity index (χ3v) is 4.64. The Kier molecular flexibility index (Phi) is 4.67. The molecule has 6 heteroatoms. The van der Waals surface area contributed by atoms with Gasteiger partial charge in [-0.05, 0) is 30.7 Å². The van der Waals surface area contributed by atoms with Crippen molar-refractivity contribution in [1.29, 1.82) is 0 Å². The second-order valence-electron chi connectivity index (χ2n) is 6.35. The predicted octanol–water partition coefficient (Wildman–Crippen LogP) is 3.57. The van der Waals surface area contributed by atoms with Gasteiger partial charge >= 0.3 is 0 Å². The molecule has 1 saturated heterocycles. The number of ether oxygens (including phenoxy) is 3. The fourth-order valence-electron chi connectivity index (χ4n) is 3.16. The molecule has 6 nitrogen and oxygen atoms in total. The van der Waals surface area contributed by atoms with Gasteiger partial charge in [-0.15, -0.1) is 0 Å². The van der Waals surface area contributed by atoms with Crippen LogP contribution in [0.1, 0.15) is 18.5 Å². The van der Waals surface area contributed by atoms with Crippen molar-refractivity contribution in [3.05, 3.63) is 42.5 Å². The van der Waals surface area contributed by atoms with Crippen LogP contribution in [0.4, 0.5) is 0 Å². The summed E-state index contributed by atoms with van der Waals surface area (Å²) in [5, 5.41) is 0.989. The number of aromatic nitrogens is 3. The minimum Gasteiger partial charge on any atom is -0.488 e. The van der Waals surface area contributed by atoms with Crippen molar-refractivity contribution in [3.63, 3.8) is 0 Å². The molecule has 0 atom stereocenters. The van der Waals surface area contributed by atoms with Crippen LogP contribution in [0.2, 0.25) is 0 Å². The van der Waals surface area contributed by atoms with E-state index in [1.165, 1.54) is 0 Å². The zero-order valence-electron chi connectivity index (χ0n) is 14.9. The van der Waals surface area contributed by atoms with Crippen LogP contribution in [0.15, 0.2) is 36.8 Å². The van der Waals surface area contributed by atoms with Crippen LogP contribution in [0.3, 0.4) is 0 Å². The van der Waals surface area contributed by atoms with Crippen molar-refractivity contribution in [2.75, 3.05) is 20.3 Å². The molecule has 0 saturated carbocycles. The lowest BCUT2D eigenvalue weighted by Crippen LogP contribution is -2.26. The van der Waals surface area contributed by atoms with E-state index in [0.717, 1.165) is 59.5 Å². The van der Waals surface area contributed by atoms with Gasteiger partial charge in [-0.25, -0.2) is 15.0 Å². The first-order valence-electron chi connectivity index (χ1n) is 8.75. The Bertz CT molecular complexity index is 906. The Labute approximate surface area is 152 Å². The minimum absolute atomic E-state index is 0.145. The first-order valence-corrected chi connectivity index (χ1v) is 8.75. The van der Waals surface area contributed by atoms with Gasteiger partial charge in [-0.2, -0.15) is 0 Å². The quantitative estimate of drug-likeness (QED) is 0.716. The largest absolute Gasteiger partial charge is 0.488 e. The molecule has 1 fully saturated rings. The number of methoxy groups -OCH3 is 1. The average molecular weight is 351 g/mol. The minimum atomic E-state index is 0.145. The maximum Gasteiger partial charge on any atom is 0.212 e. The highest BCUT2D eigenvalue weighted by Gasteiger charge is 2.18. The van der Waals surface area contributed by atoms with Crippen molar-refractivity contribution in [3.8, 4) is 22.8 Å². The third kappa shape index (κ3) is 3.32. The molecule has 3 aromatic rings. The molecule has 4 rings (SSSR count). The van der Waals surface area contributed by atoms with Crippen molar-refractivity contribution in [2.45, 2.75) is 25.9 Å². The number of hydrogen-bond acceptors (Lipinski definition) is 6. The molecule has 3 heterocycles.